The highest BCUT2D eigenvalue weighted by Crippen LogP contribution is 2.35. The summed E-state index contributed by atoms with van der Waals surface area (Å²) in [6.45, 7) is 0.0607. The van der Waals surface area contributed by atoms with Gasteiger partial charge >= 0.3 is 0 Å². The molecule has 0 radical (unpaired) electrons. The zero-order chi connectivity index (χ0) is 16.1. The Labute approximate surface area is 130 Å². The number of furan rings is 1. The molecule has 7 heteroatoms. The summed E-state index contributed by atoms with van der Waals surface area (Å²) in [5.74, 6) is -1.00. The van der Waals surface area contributed by atoms with Gasteiger partial charge in [0, 0.05) is 29.5 Å². The van der Waals surface area contributed by atoms with Crippen LogP contribution in [0, 0.1) is 0 Å². The van der Waals surface area contributed by atoms with Crippen LogP contribution in [0.15, 0.2) is 22.8 Å². The van der Waals surface area contributed by atoms with Crippen LogP contribution in [-0.4, -0.2) is 33.8 Å². The van der Waals surface area contributed by atoms with Gasteiger partial charge in [-0.2, -0.15) is 0 Å². The summed E-state index contributed by atoms with van der Waals surface area (Å²) in [6, 6.07) is 2.73. The molecule has 7 nitrogen and oxygen atoms in total. The molecule has 1 atom stereocenters. The molecule has 3 heterocycles. The van der Waals surface area contributed by atoms with Crippen LogP contribution in [-0.2, 0) is 22.7 Å². The molecular formula is C16H14N2O5. The molecule has 1 aromatic carbocycles. The molecule has 2 aliphatic heterocycles. The molecule has 118 valence electrons. The highest BCUT2D eigenvalue weighted by molar-refractivity contribution is 6.08. The van der Waals surface area contributed by atoms with Gasteiger partial charge in [-0.05, 0) is 24.1 Å². The number of aliphatic hydroxyl groups is 1. The van der Waals surface area contributed by atoms with Crippen LogP contribution in [0.5, 0.6) is 0 Å². The maximum absolute atomic E-state index is 12.7. The summed E-state index contributed by atoms with van der Waals surface area (Å²) in [6.07, 6.45) is 2.06. The highest BCUT2D eigenvalue weighted by Gasteiger charge is 2.40. The van der Waals surface area contributed by atoms with E-state index in [1.54, 1.807) is 12.1 Å². The maximum Gasteiger partial charge on any atom is 0.255 e. The van der Waals surface area contributed by atoms with E-state index in [-0.39, 0.29) is 24.8 Å². The van der Waals surface area contributed by atoms with Gasteiger partial charge in [0.05, 0.1) is 12.9 Å². The van der Waals surface area contributed by atoms with Crippen molar-refractivity contribution in [2.75, 3.05) is 0 Å². The van der Waals surface area contributed by atoms with Gasteiger partial charge in [0.25, 0.3) is 5.91 Å². The molecule has 4 rings (SSSR count). The largest absolute Gasteiger partial charge is 0.464 e. The van der Waals surface area contributed by atoms with Crippen molar-refractivity contribution < 1.29 is 23.9 Å². The van der Waals surface area contributed by atoms with Crippen LogP contribution in [0.4, 0.5) is 0 Å². The van der Waals surface area contributed by atoms with Crippen LogP contribution < -0.4 is 5.32 Å². The van der Waals surface area contributed by atoms with Crippen molar-refractivity contribution in [1.82, 2.24) is 10.2 Å². The van der Waals surface area contributed by atoms with Crippen LogP contribution in [0.3, 0.4) is 0 Å². The van der Waals surface area contributed by atoms with Gasteiger partial charge in [-0.25, -0.2) is 0 Å². The molecule has 1 aromatic heterocycles. The van der Waals surface area contributed by atoms with Crippen molar-refractivity contribution in [3.8, 4) is 0 Å². The number of amides is 3. The maximum atomic E-state index is 12.7. The third-order valence-corrected chi connectivity index (χ3v) is 4.50. The average molecular weight is 314 g/mol. The molecule has 0 aliphatic carbocycles. The quantitative estimate of drug-likeness (QED) is 0.794. The smallest absolute Gasteiger partial charge is 0.255 e. The molecule has 2 aliphatic rings. The van der Waals surface area contributed by atoms with Gasteiger partial charge in [0.1, 0.15) is 11.6 Å². The normalized spacial score (nSPS) is 21.0. The van der Waals surface area contributed by atoms with Crippen molar-refractivity contribution >= 4 is 28.7 Å². The molecule has 1 unspecified atom stereocenters. The average Bonchev–Trinajstić information content (AvgIpc) is 3.12. The Morgan fingerprint density at radius 3 is 2.91 bits per heavy atom. The van der Waals surface area contributed by atoms with E-state index in [1.165, 1.54) is 11.2 Å². The van der Waals surface area contributed by atoms with E-state index in [0.29, 0.717) is 29.7 Å². The molecule has 0 spiro atoms. The van der Waals surface area contributed by atoms with Gasteiger partial charge in [0.2, 0.25) is 11.8 Å². The monoisotopic (exact) mass is 314 g/mol. The first kappa shape index (κ1) is 14.0. The Morgan fingerprint density at radius 2 is 2.17 bits per heavy atom. The third-order valence-electron chi connectivity index (χ3n) is 4.50. The van der Waals surface area contributed by atoms with E-state index in [4.69, 9.17) is 4.42 Å². The topological polar surface area (TPSA) is 99.8 Å². The lowest BCUT2D eigenvalue weighted by Crippen LogP contribution is -2.52. The predicted molar refractivity (Wildman–Crippen MR) is 78.2 cm³/mol. The fraction of sp³-hybridized carbons (Fsp3) is 0.312. The lowest BCUT2D eigenvalue weighted by Gasteiger charge is -2.29. The van der Waals surface area contributed by atoms with E-state index < -0.39 is 11.9 Å². The minimum absolute atomic E-state index is 0.222. The summed E-state index contributed by atoms with van der Waals surface area (Å²) in [5, 5.41) is 12.5. The van der Waals surface area contributed by atoms with E-state index in [2.05, 4.69) is 5.32 Å². The second-order valence-corrected chi connectivity index (χ2v) is 5.78. The Morgan fingerprint density at radius 1 is 1.35 bits per heavy atom. The van der Waals surface area contributed by atoms with Gasteiger partial charge in [-0.15, -0.1) is 0 Å². The van der Waals surface area contributed by atoms with Crippen molar-refractivity contribution in [3.63, 3.8) is 0 Å². The van der Waals surface area contributed by atoms with Crippen LogP contribution >= 0.6 is 0 Å². The van der Waals surface area contributed by atoms with E-state index >= 15 is 0 Å². The first-order valence-corrected chi connectivity index (χ1v) is 7.37. The molecular weight excluding hydrogens is 300 g/mol. The minimum Gasteiger partial charge on any atom is -0.464 e. The summed E-state index contributed by atoms with van der Waals surface area (Å²) in [7, 11) is 0. The first-order chi connectivity index (χ1) is 11.1. The fourth-order valence-electron chi connectivity index (χ4n) is 3.37. The number of piperidine rings is 1. The molecule has 0 bridgehead atoms. The number of nitrogens with one attached hydrogen (secondary N) is 1. The number of carbonyl (C=O) groups excluding carboxylic acids is 3. The first-order valence-electron chi connectivity index (χ1n) is 7.37. The molecule has 2 N–H and O–H groups in total. The van der Waals surface area contributed by atoms with E-state index in [9.17, 15) is 19.5 Å². The van der Waals surface area contributed by atoms with Crippen LogP contribution in [0.1, 0.15) is 34.3 Å². The lowest BCUT2D eigenvalue weighted by atomic mass is 10.0. The molecule has 23 heavy (non-hydrogen) atoms. The number of carbonyl (C=O) groups is 3. The van der Waals surface area contributed by atoms with Crippen LogP contribution in [0.2, 0.25) is 0 Å². The second-order valence-electron chi connectivity index (χ2n) is 5.78. The van der Waals surface area contributed by atoms with Crippen molar-refractivity contribution in [2.45, 2.75) is 32.0 Å². The molecule has 2 aromatic rings. The second kappa shape index (κ2) is 4.92. The Bertz CT molecular complexity index is 854. The summed E-state index contributed by atoms with van der Waals surface area (Å²) in [5.41, 5.74) is 2.37. The summed E-state index contributed by atoms with van der Waals surface area (Å²) in [4.78, 5) is 37.5. The van der Waals surface area contributed by atoms with E-state index in [1.807, 2.05) is 0 Å². The van der Waals surface area contributed by atoms with Gasteiger partial charge < -0.3 is 14.4 Å². The zero-order valence-corrected chi connectivity index (χ0v) is 12.2. The van der Waals surface area contributed by atoms with Crippen molar-refractivity contribution in [3.05, 3.63) is 35.1 Å². The van der Waals surface area contributed by atoms with E-state index in [0.717, 1.165) is 10.9 Å². The summed E-state index contributed by atoms with van der Waals surface area (Å²) < 4.78 is 5.40. The predicted octanol–water partition coefficient (Wildman–Crippen LogP) is 0.686. The standard InChI is InChI=1S/C16H14N2O5/c19-7-8-5-10-11(9-3-4-23-14(8)9)6-18(16(10)22)12-1-2-13(20)17-15(12)21/h3-5,12,19H,1-2,6-7H2,(H,17,20,21). The number of rotatable bonds is 2. The van der Waals surface area contributed by atoms with Gasteiger partial charge in [0.15, 0.2) is 0 Å². The number of hydrogen-bond acceptors (Lipinski definition) is 5. The van der Waals surface area contributed by atoms with Crippen LogP contribution in [0.25, 0.3) is 11.0 Å². The van der Waals surface area contributed by atoms with Crippen molar-refractivity contribution in [1.29, 1.82) is 0 Å². The number of benzene rings is 1. The van der Waals surface area contributed by atoms with Gasteiger partial charge in [-0.1, -0.05) is 0 Å². The Balaban J connectivity index is 1.76. The highest BCUT2D eigenvalue weighted by atomic mass is 16.3. The number of aliphatic hydroxyl groups excluding tert-OH is 1. The number of hydrogen-bond donors (Lipinski definition) is 2. The molecule has 3 amide bonds. The van der Waals surface area contributed by atoms with Gasteiger partial charge in [-0.3, -0.25) is 19.7 Å². The Hall–Kier alpha value is -2.67. The Kier molecular flexibility index (Phi) is 2.99. The molecule has 1 fully saturated rings. The molecule has 0 saturated carbocycles. The zero-order valence-electron chi connectivity index (χ0n) is 12.2. The summed E-state index contributed by atoms with van der Waals surface area (Å²) >= 11 is 0. The lowest BCUT2D eigenvalue weighted by molar-refractivity contribution is -0.136. The van der Waals surface area contributed by atoms with Crippen molar-refractivity contribution in [2.24, 2.45) is 0 Å². The number of nitrogens with zero attached hydrogens (tertiary/aromatic N) is 1. The molecule has 1 saturated heterocycles. The third kappa shape index (κ3) is 1.97. The fourth-order valence-corrected chi connectivity index (χ4v) is 3.37. The number of imide groups is 1. The minimum atomic E-state index is -0.646. The number of fused-ring (bicyclic) bond motifs is 3. The SMILES string of the molecule is O=C1CCC(N2Cc3c(cc(CO)c4occc34)C2=O)C(=O)N1.